The Kier molecular flexibility index (Phi) is 3.45. The summed E-state index contributed by atoms with van der Waals surface area (Å²) < 4.78 is 0.229. The van der Waals surface area contributed by atoms with Crippen LogP contribution in [0, 0.1) is 0 Å². The van der Waals surface area contributed by atoms with E-state index in [0.29, 0.717) is 6.54 Å². The second kappa shape index (κ2) is 4.71. The molecule has 0 unspecified atom stereocenters. The highest BCUT2D eigenvalue weighted by Gasteiger charge is 2.14. The van der Waals surface area contributed by atoms with Crippen molar-refractivity contribution in [1.82, 2.24) is 0 Å². The molecule has 2 rings (SSSR count). The maximum atomic E-state index is 5.79. The van der Waals surface area contributed by atoms with Crippen molar-refractivity contribution in [2.24, 2.45) is 5.73 Å². The van der Waals surface area contributed by atoms with Gasteiger partial charge in [-0.15, -0.1) is 11.8 Å². The minimum Gasteiger partial charge on any atom is -0.326 e. The van der Waals surface area contributed by atoms with Gasteiger partial charge in [0.1, 0.15) is 0 Å². The van der Waals surface area contributed by atoms with E-state index in [9.17, 15) is 0 Å². The highest BCUT2D eigenvalue weighted by Crippen LogP contribution is 2.37. The maximum absolute atomic E-state index is 5.79. The second-order valence-corrected chi connectivity index (χ2v) is 7.06. The van der Waals surface area contributed by atoms with Crippen LogP contribution in [0.2, 0.25) is 0 Å². The van der Waals surface area contributed by atoms with Gasteiger partial charge in [0.15, 0.2) is 0 Å². The van der Waals surface area contributed by atoms with E-state index in [2.05, 4.69) is 57.2 Å². The van der Waals surface area contributed by atoms with Crippen LogP contribution in [0.5, 0.6) is 0 Å². The first-order chi connectivity index (χ1) is 8.01. The van der Waals surface area contributed by atoms with Gasteiger partial charge in [0, 0.05) is 16.2 Å². The third-order valence-electron chi connectivity index (χ3n) is 2.61. The number of benzene rings is 2. The van der Waals surface area contributed by atoms with E-state index in [1.165, 1.54) is 21.2 Å². The normalized spacial score (nSPS) is 12.0. The first-order valence-corrected chi connectivity index (χ1v) is 6.72. The van der Waals surface area contributed by atoms with Crippen molar-refractivity contribution >= 4 is 22.5 Å². The van der Waals surface area contributed by atoms with Gasteiger partial charge in [0.05, 0.1) is 0 Å². The quantitative estimate of drug-likeness (QED) is 0.803. The van der Waals surface area contributed by atoms with Crippen LogP contribution in [0.4, 0.5) is 0 Å². The number of hydrogen-bond acceptors (Lipinski definition) is 2. The van der Waals surface area contributed by atoms with E-state index in [1.54, 1.807) is 0 Å². The average molecular weight is 245 g/mol. The van der Waals surface area contributed by atoms with Crippen LogP contribution in [0.25, 0.3) is 10.8 Å². The molecule has 0 radical (unpaired) electrons. The standard InChI is InChI=1S/C15H19NS/c1-15(2,3)17-14-9-8-11(10-16)12-6-4-5-7-13(12)14/h4-9H,10,16H2,1-3H3. The largest absolute Gasteiger partial charge is 0.326 e. The third-order valence-corrected chi connectivity index (χ3v) is 3.80. The minimum atomic E-state index is 0.229. The Bertz CT molecular complexity index is 526. The Labute approximate surface area is 107 Å². The molecule has 2 aromatic rings. The van der Waals surface area contributed by atoms with E-state index in [0.717, 1.165) is 0 Å². The van der Waals surface area contributed by atoms with Crippen LogP contribution in [-0.4, -0.2) is 4.75 Å². The summed E-state index contributed by atoms with van der Waals surface area (Å²) in [7, 11) is 0. The highest BCUT2D eigenvalue weighted by molar-refractivity contribution is 8.00. The molecule has 2 N–H and O–H groups in total. The molecule has 0 heterocycles. The summed E-state index contributed by atoms with van der Waals surface area (Å²) in [5, 5.41) is 2.60. The molecule has 2 aromatic carbocycles. The molecule has 2 heteroatoms. The lowest BCUT2D eigenvalue weighted by Crippen LogP contribution is -2.07. The molecule has 90 valence electrons. The molecular weight excluding hydrogens is 226 g/mol. The van der Waals surface area contributed by atoms with Crippen LogP contribution in [0.1, 0.15) is 26.3 Å². The Morgan fingerprint density at radius 1 is 1.00 bits per heavy atom. The molecule has 0 amide bonds. The Morgan fingerprint density at radius 2 is 1.65 bits per heavy atom. The van der Waals surface area contributed by atoms with Crippen LogP contribution < -0.4 is 5.73 Å². The molecule has 17 heavy (non-hydrogen) atoms. The summed E-state index contributed by atoms with van der Waals surface area (Å²) in [4.78, 5) is 1.34. The van der Waals surface area contributed by atoms with E-state index in [4.69, 9.17) is 5.73 Å². The minimum absolute atomic E-state index is 0.229. The number of thioether (sulfide) groups is 1. The zero-order valence-corrected chi connectivity index (χ0v) is 11.5. The predicted octanol–water partition coefficient (Wildman–Crippen LogP) is 4.19. The molecular formula is C15H19NS. The Balaban J connectivity index is 2.59. The SMILES string of the molecule is CC(C)(C)Sc1ccc(CN)c2ccccc12. The predicted molar refractivity (Wildman–Crippen MR) is 77.4 cm³/mol. The zero-order valence-electron chi connectivity index (χ0n) is 10.7. The van der Waals surface area contributed by atoms with Crippen LogP contribution >= 0.6 is 11.8 Å². The molecule has 0 spiro atoms. The monoisotopic (exact) mass is 245 g/mol. The fourth-order valence-electron chi connectivity index (χ4n) is 1.93. The van der Waals surface area contributed by atoms with Gasteiger partial charge in [-0.25, -0.2) is 0 Å². The second-order valence-electron chi connectivity index (χ2n) is 5.19. The Morgan fingerprint density at radius 3 is 2.24 bits per heavy atom. The van der Waals surface area contributed by atoms with Gasteiger partial charge in [-0.05, 0) is 22.4 Å². The molecule has 0 fully saturated rings. The van der Waals surface area contributed by atoms with Crippen molar-refractivity contribution < 1.29 is 0 Å². The molecule has 0 saturated heterocycles. The average Bonchev–Trinajstić information content (AvgIpc) is 2.28. The fraction of sp³-hybridized carbons (Fsp3) is 0.333. The van der Waals surface area contributed by atoms with Crippen molar-refractivity contribution in [3.8, 4) is 0 Å². The number of hydrogen-bond donors (Lipinski definition) is 1. The molecule has 1 nitrogen and oxygen atoms in total. The van der Waals surface area contributed by atoms with Gasteiger partial charge >= 0.3 is 0 Å². The molecule has 0 atom stereocenters. The van der Waals surface area contributed by atoms with Gasteiger partial charge < -0.3 is 5.73 Å². The smallest absolute Gasteiger partial charge is 0.0184 e. The number of nitrogens with two attached hydrogens (primary N) is 1. The first kappa shape index (κ1) is 12.5. The first-order valence-electron chi connectivity index (χ1n) is 5.91. The summed E-state index contributed by atoms with van der Waals surface area (Å²) in [5.41, 5.74) is 7.01. The van der Waals surface area contributed by atoms with Crippen molar-refractivity contribution in [2.75, 3.05) is 0 Å². The topological polar surface area (TPSA) is 26.0 Å². The zero-order chi connectivity index (χ0) is 12.5. The van der Waals surface area contributed by atoms with Gasteiger partial charge in [-0.2, -0.15) is 0 Å². The van der Waals surface area contributed by atoms with E-state index < -0.39 is 0 Å². The summed E-state index contributed by atoms with van der Waals surface area (Å²) in [6.45, 7) is 7.32. The van der Waals surface area contributed by atoms with Crippen LogP contribution in [-0.2, 0) is 6.54 Å². The van der Waals surface area contributed by atoms with Crippen molar-refractivity contribution in [3.05, 3.63) is 42.0 Å². The maximum Gasteiger partial charge on any atom is 0.0184 e. The van der Waals surface area contributed by atoms with Crippen molar-refractivity contribution in [3.63, 3.8) is 0 Å². The summed E-state index contributed by atoms with van der Waals surface area (Å²) in [6, 6.07) is 12.9. The molecule has 0 aliphatic carbocycles. The molecule has 0 saturated carbocycles. The summed E-state index contributed by atoms with van der Waals surface area (Å²) in [6.07, 6.45) is 0. The number of fused-ring (bicyclic) bond motifs is 1. The van der Waals surface area contributed by atoms with Crippen LogP contribution in [0.15, 0.2) is 41.3 Å². The van der Waals surface area contributed by atoms with Crippen molar-refractivity contribution in [1.29, 1.82) is 0 Å². The van der Waals surface area contributed by atoms with Gasteiger partial charge in [0.25, 0.3) is 0 Å². The number of rotatable bonds is 2. The lowest BCUT2D eigenvalue weighted by atomic mass is 10.0. The van der Waals surface area contributed by atoms with E-state index in [1.807, 2.05) is 11.8 Å². The third kappa shape index (κ3) is 2.82. The fourth-order valence-corrected chi connectivity index (χ4v) is 3.01. The van der Waals surface area contributed by atoms with Crippen molar-refractivity contribution in [2.45, 2.75) is 37.0 Å². The lowest BCUT2D eigenvalue weighted by Gasteiger charge is -2.19. The highest BCUT2D eigenvalue weighted by atomic mass is 32.2. The van der Waals surface area contributed by atoms with Gasteiger partial charge in [0.2, 0.25) is 0 Å². The van der Waals surface area contributed by atoms with Crippen LogP contribution in [0.3, 0.4) is 0 Å². The summed E-state index contributed by atoms with van der Waals surface area (Å²) >= 11 is 1.91. The van der Waals surface area contributed by atoms with E-state index >= 15 is 0 Å². The molecule has 0 bridgehead atoms. The lowest BCUT2D eigenvalue weighted by molar-refractivity contribution is 0.803. The molecule has 0 aliphatic heterocycles. The molecule has 0 aromatic heterocycles. The van der Waals surface area contributed by atoms with Gasteiger partial charge in [-0.3, -0.25) is 0 Å². The summed E-state index contributed by atoms with van der Waals surface area (Å²) in [5.74, 6) is 0. The Hall–Kier alpha value is -0.990. The van der Waals surface area contributed by atoms with E-state index in [-0.39, 0.29) is 4.75 Å². The molecule has 0 aliphatic rings. The van der Waals surface area contributed by atoms with Gasteiger partial charge in [-0.1, -0.05) is 51.1 Å².